The monoisotopic (exact) mass is 600 g/mol. The van der Waals surface area contributed by atoms with Crippen LogP contribution in [0.3, 0.4) is 0 Å². The van der Waals surface area contributed by atoms with Crippen molar-refractivity contribution in [2.24, 2.45) is 5.41 Å². The maximum absolute atomic E-state index is 14.2. The number of fused-ring (bicyclic) bond motifs is 1. The molecule has 1 heterocycles. The predicted octanol–water partition coefficient (Wildman–Crippen LogP) is 4.67. The molecular formula is C33H36N4O7. The average molecular weight is 601 g/mol. The summed E-state index contributed by atoms with van der Waals surface area (Å²) in [5, 5.41) is 5.32. The number of rotatable bonds is 8. The Labute approximate surface area is 256 Å². The summed E-state index contributed by atoms with van der Waals surface area (Å²) in [6.45, 7) is 6.63. The number of urea groups is 1. The maximum atomic E-state index is 14.2. The third-order valence-corrected chi connectivity index (χ3v) is 6.93. The molecule has 1 aliphatic rings. The Morgan fingerprint density at radius 2 is 1.61 bits per heavy atom. The van der Waals surface area contributed by atoms with E-state index in [0.29, 0.717) is 22.8 Å². The van der Waals surface area contributed by atoms with E-state index in [-0.39, 0.29) is 42.5 Å². The Kier molecular flexibility index (Phi) is 9.67. The van der Waals surface area contributed by atoms with Crippen LogP contribution < -0.4 is 25.2 Å². The number of nitrogens with zero attached hydrogens (tertiary/aromatic N) is 2. The molecule has 1 aliphatic heterocycles. The van der Waals surface area contributed by atoms with Gasteiger partial charge >= 0.3 is 12.0 Å². The van der Waals surface area contributed by atoms with Crippen LogP contribution in [0.5, 0.6) is 5.75 Å². The second-order valence-corrected chi connectivity index (χ2v) is 11.2. The first-order valence-electron chi connectivity index (χ1n) is 14.2. The summed E-state index contributed by atoms with van der Waals surface area (Å²) in [7, 11) is 1.45. The van der Waals surface area contributed by atoms with Crippen molar-refractivity contribution in [1.82, 2.24) is 5.32 Å². The van der Waals surface area contributed by atoms with Crippen molar-refractivity contribution in [3.63, 3.8) is 0 Å². The molecule has 0 radical (unpaired) electrons. The zero-order valence-electron chi connectivity index (χ0n) is 25.4. The molecule has 0 aromatic heterocycles. The smallest absolute Gasteiger partial charge is 0.338 e. The second-order valence-electron chi connectivity index (χ2n) is 11.2. The van der Waals surface area contributed by atoms with Gasteiger partial charge in [-0.25, -0.2) is 9.59 Å². The van der Waals surface area contributed by atoms with E-state index in [4.69, 9.17) is 9.47 Å². The molecule has 11 nitrogen and oxygen atoms in total. The normalized spacial score (nSPS) is 14.7. The van der Waals surface area contributed by atoms with Gasteiger partial charge in [0.2, 0.25) is 5.91 Å². The number of anilines is 3. The molecule has 0 saturated carbocycles. The van der Waals surface area contributed by atoms with E-state index >= 15 is 0 Å². The van der Waals surface area contributed by atoms with E-state index in [1.165, 1.54) is 23.0 Å². The Hall–Kier alpha value is -5.19. The molecule has 3 aromatic carbocycles. The number of ether oxygens (including phenoxy) is 2. The molecule has 230 valence electrons. The molecule has 0 aliphatic carbocycles. The lowest BCUT2D eigenvalue weighted by Crippen LogP contribution is -2.55. The van der Waals surface area contributed by atoms with Crippen LogP contribution in [0.1, 0.15) is 48.4 Å². The molecule has 0 saturated heterocycles. The number of benzene rings is 3. The molecule has 1 atom stereocenters. The Morgan fingerprint density at radius 1 is 0.932 bits per heavy atom. The largest absolute Gasteiger partial charge is 0.496 e. The molecule has 4 rings (SSSR count). The van der Waals surface area contributed by atoms with Gasteiger partial charge in [0.25, 0.3) is 5.91 Å². The maximum Gasteiger partial charge on any atom is 0.338 e. The van der Waals surface area contributed by atoms with Crippen LogP contribution in [0.4, 0.5) is 21.9 Å². The number of esters is 1. The van der Waals surface area contributed by atoms with Gasteiger partial charge in [-0.15, -0.1) is 0 Å². The summed E-state index contributed by atoms with van der Waals surface area (Å²) < 4.78 is 10.4. The van der Waals surface area contributed by atoms with Crippen molar-refractivity contribution in [3.05, 3.63) is 83.9 Å². The van der Waals surface area contributed by atoms with Crippen LogP contribution in [-0.4, -0.2) is 62.4 Å². The fourth-order valence-corrected chi connectivity index (χ4v) is 4.82. The summed E-state index contributed by atoms with van der Waals surface area (Å²) in [5.74, 6) is -1.43. The van der Waals surface area contributed by atoms with Gasteiger partial charge < -0.3 is 29.9 Å². The van der Waals surface area contributed by atoms with Crippen LogP contribution in [-0.2, 0) is 14.3 Å². The molecule has 44 heavy (non-hydrogen) atoms. The number of hydrogen-bond donors (Lipinski definition) is 2. The highest BCUT2D eigenvalue weighted by Crippen LogP contribution is 2.36. The number of Topliss-reactive ketones (excluding diaryl/α,β-unsaturated/α-hetero) is 1. The van der Waals surface area contributed by atoms with E-state index in [9.17, 15) is 24.0 Å². The summed E-state index contributed by atoms with van der Waals surface area (Å²) in [5.41, 5.74) is 0.789. The minimum atomic E-state index is -1.23. The number of carbonyl (C=O) groups is 5. The number of methoxy groups -OCH3 is 1. The average Bonchev–Trinajstić information content (AvgIpc) is 3.11. The van der Waals surface area contributed by atoms with Crippen molar-refractivity contribution < 1.29 is 33.4 Å². The SMILES string of the molecule is CCOC(=O)c1cccc(NC(=O)NC2CN(C(=O)C(C)(C)C)c3ccccc3N(CC(=O)c3ccccc3OC)C2=O)c1. The van der Waals surface area contributed by atoms with Crippen LogP contribution >= 0.6 is 0 Å². The standard InChI is InChI=1S/C33H36N4O7/c1-6-44-30(40)21-12-11-13-22(18-21)34-32(42)35-24-19-37(31(41)33(2,3)4)26-16-9-8-15-25(26)36(29(24)39)20-27(38)23-14-7-10-17-28(23)43-5/h7-18,24H,6,19-20H2,1-5H3,(H2,34,35,42). The van der Waals surface area contributed by atoms with Crippen molar-refractivity contribution in [2.45, 2.75) is 33.7 Å². The summed E-state index contributed by atoms with van der Waals surface area (Å²) >= 11 is 0. The minimum Gasteiger partial charge on any atom is -0.496 e. The van der Waals surface area contributed by atoms with Gasteiger partial charge in [-0.2, -0.15) is 0 Å². The van der Waals surface area contributed by atoms with Gasteiger partial charge in [0.15, 0.2) is 5.78 Å². The number of amides is 4. The van der Waals surface area contributed by atoms with Crippen LogP contribution in [0.25, 0.3) is 0 Å². The Balaban J connectivity index is 1.69. The van der Waals surface area contributed by atoms with E-state index in [0.717, 1.165) is 0 Å². The van der Waals surface area contributed by atoms with Gasteiger partial charge in [0, 0.05) is 11.1 Å². The van der Waals surface area contributed by atoms with Gasteiger partial charge in [0.1, 0.15) is 11.8 Å². The zero-order chi connectivity index (χ0) is 32.0. The molecule has 2 N–H and O–H groups in total. The topological polar surface area (TPSA) is 134 Å². The first kappa shape index (κ1) is 31.7. The van der Waals surface area contributed by atoms with Crippen LogP contribution in [0.15, 0.2) is 72.8 Å². The van der Waals surface area contributed by atoms with E-state index < -0.39 is 29.4 Å². The number of hydrogen-bond acceptors (Lipinski definition) is 7. The van der Waals surface area contributed by atoms with Gasteiger partial charge in [-0.1, -0.05) is 51.1 Å². The summed E-state index contributed by atoms with van der Waals surface area (Å²) in [4.78, 5) is 69.5. The highest BCUT2D eigenvalue weighted by Gasteiger charge is 2.40. The van der Waals surface area contributed by atoms with Crippen LogP contribution in [0, 0.1) is 5.41 Å². The van der Waals surface area contributed by atoms with E-state index in [2.05, 4.69) is 10.6 Å². The van der Waals surface area contributed by atoms with E-state index in [1.807, 2.05) is 0 Å². The Morgan fingerprint density at radius 3 is 2.30 bits per heavy atom. The molecule has 1 unspecified atom stereocenters. The van der Waals surface area contributed by atoms with Crippen molar-refractivity contribution in [2.75, 3.05) is 41.9 Å². The lowest BCUT2D eigenvalue weighted by atomic mass is 9.94. The fourth-order valence-electron chi connectivity index (χ4n) is 4.82. The highest BCUT2D eigenvalue weighted by atomic mass is 16.5. The minimum absolute atomic E-state index is 0.179. The predicted molar refractivity (Wildman–Crippen MR) is 166 cm³/mol. The third kappa shape index (κ3) is 7.05. The van der Waals surface area contributed by atoms with Crippen molar-refractivity contribution in [1.29, 1.82) is 0 Å². The first-order chi connectivity index (χ1) is 20.9. The molecule has 3 aromatic rings. The molecular weight excluding hydrogens is 564 g/mol. The van der Waals surface area contributed by atoms with Gasteiger partial charge in [-0.05, 0) is 49.4 Å². The third-order valence-electron chi connectivity index (χ3n) is 6.93. The molecule has 11 heteroatoms. The number of carbonyl (C=O) groups excluding carboxylic acids is 5. The number of nitrogens with one attached hydrogen (secondary N) is 2. The van der Waals surface area contributed by atoms with Crippen molar-refractivity contribution >= 4 is 46.7 Å². The lowest BCUT2D eigenvalue weighted by molar-refractivity contribution is -0.126. The zero-order valence-corrected chi connectivity index (χ0v) is 25.4. The van der Waals surface area contributed by atoms with Crippen molar-refractivity contribution in [3.8, 4) is 5.75 Å². The molecule has 0 fully saturated rings. The quantitative estimate of drug-likeness (QED) is 0.283. The highest BCUT2D eigenvalue weighted by molar-refractivity contribution is 6.13. The summed E-state index contributed by atoms with van der Waals surface area (Å²) in [6.07, 6.45) is 0. The first-order valence-corrected chi connectivity index (χ1v) is 14.2. The van der Waals surface area contributed by atoms with Gasteiger partial charge in [-0.3, -0.25) is 14.4 Å². The number of para-hydroxylation sites is 3. The molecule has 0 spiro atoms. The van der Waals surface area contributed by atoms with Gasteiger partial charge in [0.05, 0.1) is 49.3 Å². The second kappa shape index (κ2) is 13.4. The lowest BCUT2D eigenvalue weighted by Gasteiger charge is -2.30. The van der Waals surface area contributed by atoms with E-state index in [1.54, 1.807) is 94.4 Å². The number of ketones is 1. The Bertz CT molecular complexity index is 1580. The van der Waals surface area contributed by atoms with Crippen LogP contribution in [0.2, 0.25) is 0 Å². The molecule has 0 bridgehead atoms. The fraction of sp³-hybridized carbons (Fsp3) is 0.303. The summed E-state index contributed by atoms with van der Waals surface area (Å²) in [6, 6.07) is 17.7. The molecule has 4 amide bonds.